The Morgan fingerprint density at radius 2 is 2.06 bits per heavy atom. The number of hydrogen-bond donors (Lipinski definition) is 1. The van der Waals surface area contributed by atoms with Crippen molar-refractivity contribution in [3.63, 3.8) is 0 Å². The van der Waals surface area contributed by atoms with Crippen molar-refractivity contribution in [1.29, 1.82) is 0 Å². The minimum Gasteiger partial charge on any atom is -0.316 e. The van der Waals surface area contributed by atoms with Crippen LogP contribution in [-0.4, -0.2) is 32.2 Å². The highest BCUT2D eigenvalue weighted by molar-refractivity contribution is 7.91. The smallest absolute Gasteiger partial charge is 0.181 e. The van der Waals surface area contributed by atoms with Crippen LogP contribution in [0.5, 0.6) is 0 Å². The average Bonchev–Trinajstić information content (AvgIpc) is 2.28. The SMILES string of the molecule is CCNCCS(=O)(=O)c1cncc(CC(C)C)c1. The predicted octanol–water partition coefficient (Wildman–Crippen LogP) is 1.66. The van der Waals surface area contributed by atoms with Gasteiger partial charge in [-0.25, -0.2) is 8.42 Å². The topological polar surface area (TPSA) is 59.1 Å². The van der Waals surface area contributed by atoms with E-state index in [9.17, 15) is 8.42 Å². The molecule has 102 valence electrons. The summed E-state index contributed by atoms with van der Waals surface area (Å²) in [6, 6.07) is 1.74. The number of sulfone groups is 1. The molecular formula is C13H22N2O2S. The standard InChI is InChI=1S/C13H22N2O2S/c1-4-14-5-6-18(16,17)13-8-12(7-11(2)3)9-15-10-13/h8-11,14H,4-7H2,1-3H3. The molecule has 0 atom stereocenters. The normalized spacial score (nSPS) is 12.0. The van der Waals surface area contributed by atoms with Gasteiger partial charge in [-0.1, -0.05) is 20.8 Å². The molecule has 0 saturated carbocycles. The third-order valence-electron chi connectivity index (χ3n) is 2.57. The highest BCUT2D eigenvalue weighted by Gasteiger charge is 2.15. The van der Waals surface area contributed by atoms with Crippen LogP contribution in [0.2, 0.25) is 0 Å². The zero-order valence-electron chi connectivity index (χ0n) is 11.3. The summed E-state index contributed by atoms with van der Waals surface area (Å²) < 4.78 is 24.1. The summed E-state index contributed by atoms with van der Waals surface area (Å²) in [6.07, 6.45) is 4.03. The lowest BCUT2D eigenvalue weighted by molar-refractivity contribution is 0.590. The maximum Gasteiger partial charge on any atom is 0.181 e. The summed E-state index contributed by atoms with van der Waals surface area (Å²) in [6.45, 7) is 7.42. The predicted molar refractivity (Wildman–Crippen MR) is 73.4 cm³/mol. The first-order chi connectivity index (χ1) is 8.45. The lowest BCUT2D eigenvalue weighted by Gasteiger charge is -2.08. The molecule has 0 bridgehead atoms. The van der Waals surface area contributed by atoms with Crippen LogP contribution >= 0.6 is 0 Å². The molecule has 0 aromatic carbocycles. The second-order valence-electron chi connectivity index (χ2n) is 4.80. The maximum absolute atomic E-state index is 12.1. The van der Waals surface area contributed by atoms with E-state index in [1.807, 2.05) is 6.92 Å². The molecule has 0 radical (unpaired) electrons. The van der Waals surface area contributed by atoms with Crippen molar-refractivity contribution >= 4 is 9.84 Å². The number of pyridine rings is 1. The van der Waals surface area contributed by atoms with Crippen LogP contribution in [-0.2, 0) is 16.3 Å². The highest BCUT2D eigenvalue weighted by Crippen LogP contribution is 2.14. The molecule has 1 N–H and O–H groups in total. The second-order valence-corrected chi connectivity index (χ2v) is 6.91. The molecule has 1 rings (SSSR count). The Morgan fingerprint density at radius 1 is 1.33 bits per heavy atom. The Hall–Kier alpha value is -0.940. The zero-order valence-corrected chi connectivity index (χ0v) is 12.1. The summed E-state index contributed by atoms with van der Waals surface area (Å²) in [7, 11) is -3.22. The van der Waals surface area contributed by atoms with E-state index in [-0.39, 0.29) is 5.75 Å². The van der Waals surface area contributed by atoms with E-state index in [4.69, 9.17) is 0 Å². The second kappa shape index (κ2) is 6.85. The fourth-order valence-electron chi connectivity index (χ4n) is 1.72. The van der Waals surface area contributed by atoms with E-state index in [1.165, 1.54) is 6.20 Å². The van der Waals surface area contributed by atoms with Crippen LogP contribution in [0, 0.1) is 5.92 Å². The third-order valence-corrected chi connectivity index (χ3v) is 4.25. The molecule has 0 spiro atoms. The number of hydrogen-bond acceptors (Lipinski definition) is 4. The first-order valence-electron chi connectivity index (χ1n) is 6.33. The number of nitrogens with one attached hydrogen (secondary N) is 1. The van der Waals surface area contributed by atoms with Crippen LogP contribution in [0.1, 0.15) is 26.3 Å². The number of aromatic nitrogens is 1. The van der Waals surface area contributed by atoms with Gasteiger partial charge in [0.1, 0.15) is 0 Å². The molecule has 1 heterocycles. The fourth-order valence-corrected chi connectivity index (χ4v) is 2.92. The minimum atomic E-state index is -3.22. The van der Waals surface area contributed by atoms with Gasteiger partial charge in [0.05, 0.1) is 10.6 Å². The van der Waals surface area contributed by atoms with Crippen molar-refractivity contribution in [2.24, 2.45) is 5.92 Å². The molecule has 0 saturated heterocycles. The van der Waals surface area contributed by atoms with Crippen molar-refractivity contribution in [1.82, 2.24) is 10.3 Å². The highest BCUT2D eigenvalue weighted by atomic mass is 32.2. The van der Waals surface area contributed by atoms with Crippen LogP contribution in [0.4, 0.5) is 0 Å². The summed E-state index contributed by atoms with van der Waals surface area (Å²) in [5.74, 6) is 0.611. The summed E-state index contributed by atoms with van der Waals surface area (Å²) in [5.41, 5.74) is 0.981. The number of nitrogens with zero attached hydrogens (tertiary/aromatic N) is 1. The van der Waals surface area contributed by atoms with Crippen molar-refractivity contribution in [2.75, 3.05) is 18.8 Å². The van der Waals surface area contributed by atoms with Gasteiger partial charge in [-0.3, -0.25) is 4.98 Å². The van der Waals surface area contributed by atoms with Crippen molar-refractivity contribution in [3.05, 3.63) is 24.0 Å². The quantitative estimate of drug-likeness (QED) is 0.766. The molecule has 18 heavy (non-hydrogen) atoms. The Morgan fingerprint density at radius 3 is 2.67 bits per heavy atom. The lowest BCUT2D eigenvalue weighted by Crippen LogP contribution is -2.22. The van der Waals surface area contributed by atoms with Gasteiger partial charge in [-0.05, 0) is 30.5 Å². The molecule has 0 aliphatic carbocycles. The first-order valence-corrected chi connectivity index (χ1v) is 7.98. The van der Waals surface area contributed by atoms with E-state index in [2.05, 4.69) is 24.1 Å². The lowest BCUT2D eigenvalue weighted by atomic mass is 10.1. The zero-order chi connectivity index (χ0) is 13.6. The van der Waals surface area contributed by atoms with Crippen molar-refractivity contribution < 1.29 is 8.42 Å². The summed E-state index contributed by atoms with van der Waals surface area (Å²) >= 11 is 0. The molecule has 4 nitrogen and oxygen atoms in total. The summed E-state index contributed by atoms with van der Waals surface area (Å²) in [5, 5.41) is 3.02. The Balaban J connectivity index is 2.81. The Bertz CT molecular complexity index is 470. The van der Waals surface area contributed by atoms with Crippen molar-refractivity contribution in [2.45, 2.75) is 32.1 Å². The molecule has 0 fully saturated rings. The van der Waals surface area contributed by atoms with Gasteiger partial charge >= 0.3 is 0 Å². The third kappa shape index (κ3) is 4.74. The van der Waals surface area contributed by atoms with Gasteiger partial charge in [-0.2, -0.15) is 0 Å². The average molecular weight is 270 g/mol. The van der Waals surface area contributed by atoms with Crippen molar-refractivity contribution in [3.8, 4) is 0 Å². The fraction of sp³-hybridized carbons (Fsp3) is 0.615. The molecule has 5 heteroatoms. The molecule has 0 unspecified atom stereocenters. The molecular weight excluding hydrogens is 248 g/mol. The van der Waals surface area contributed by atoms with Gasteiger partial charge < -0.3 is 5.32 Å². The monoisotopic (exact) mass is 270 g/mol. The van der Waals surface area contributed by atoms with Gasteiger partial charge in [0, 0.05) is 18.9 Å². The maximum atomic E-state index is 12.1. The van der Waals surface area contributed by atoms with E-state index in [0.717, 1.165) is 18.5 Å². The summed E-state index contributed by atoms with van der Waals surface area (Å²) in [4.78, 5) is 4.36. The first kappa shape index (κ1) is 15.1. The molecule has 0 aliphatic rings. The van der Waals surface area contributed by atoms with Gasteiger partial charge in [0.25, 0.3) is 0 Å². The van der Waals surface area contributed by atoms with E-state index in [1.54, 1.807) is 12.3 Å². The molecule has 0 amide bonds. The van der Waals surface area contributed by atoms with Gasteiger partial charge in [0.2, 0.25) is 0 Å². The van der Waals surface area contributed by atoms with Gasteiger partial charge in [-0.15, -0.1) is 0 Å². The number of rotatable bonds is 7. The Kier molecular flexibility index (Phi) is 5.75. The van der Waals surface area contributed by atoms with E-state index < -0.39 is 9.84 Å². The van der Waals surface area contributed by atoms with Crippen LogP contribution in [0.15, 0.2) is 23.4 Å². The Labute approximate surface area is 110 Å². The molecule has 0 aliphatic heterocycles. The van der Waals surface area contributed by atoms with Crippen LogP contribution in [0.25, 0.3) is 0 Å². The van der Waals surface area contributed by atoms with E-state index >= 15 is 0 Å². The molecule has 1 aromatic rings. The minimum absolute atomic E-state index is 0.119. The largest absolute Gasteiger partial charge is 0.316 e. The van der Waals surface area contributed by atoms with Crippen LogP contribution < -0.4 is 5.32 Å². The van der Waals surface area contributed by atoms with Gasteiger partial charge in [0.15, 0.2) is 9.84 Å². The van der Waals surface area contributed by atoms with Crippen LogP contribution in [0.3, 0.4) is 0 Å². The molecule has 1 aromatic heterocycles. The van der Waals surface area contributed by atoms with E-state index in [0.29, 0.717) is 17.4 Å².